The van der Waals surface area contributed by atoms with Gasteiger partial charge in [-0.25, -0.2) is 4.98 Å². The van der Waals surface area contributed by atoms with E-state index in [1.807, 2.05) is 43.3 Å². The normalized spacial score (nSPS) is 12.2. The lowest BCUT2D eigenvalue weighted by molar-refractivity contribution is 0.219. The van der Waals surface area contributed by atoms with Gasteiger partial charge in [-0.3, -0.25) is 0 Å². The van der Waals surface area contributed by atoms with Crippen LogP contribution in [0.1, 0.15) is 22.8 Å². The van der Waals surface area contributed by atoms with Gasteiger partial charge in [-0.2, -0.15) is 0 Å². The largest absolute Gasteiger partial charge is 0.481 e. The zero-order chi connectivity index (χ0) is 12.3. The molecule has 0 fully saturated rings. The third-order valence-corrected chi connectivity index (χ3v) is 2.75. The fourth-order valence-corrected chi connectivity index (χ4v) is 1.75. The van der Waals surface area contributed by atoms with Gasteiger partial charge in [0.05, 0.1) is 7.11 Å². The van der Waals surface area contributed by atoms with E-state index in [0.717, 1.165) is 16.7 Å². The van der Waals surface area contributed by atoms with Gasteiger partial charge in [-0.05, 0) is 18.1 Å². The van der Waals surface area contributed by atoms with Crippen LogP contribution in [0.25, 0.3) is 0 Å². The first-order valence-corrected chi connectivity index (χ1v) is 5.46. The molecule has 3 heteroatoms. The Morgan fingerprint density at radius 1 is 1.24 bits per heavy atom. The number of ether oxygens (including phenoxy) is 1. The fourth-order valence-electron chi connectivity index (χ4n) is 1.75. The maximum atomic E-state index is 10.3. The molecule has 2 rings (SSSR count). The monoisotopic (exact) mass is 229 g/mol. The van der Waals surface area contributed by atoms with Crippen molar-refractivity contribution >= 4 is 0 Å². The summed E-state index contributed by atoms with van der Waals surface area (Å²) < 4.78 is 5.04. The summed E-state index contributed by atoms with van der Waals surface area (Å²) in [7, 11) is 1.58. The van der Waals surface area contributed by atoms with Crippen LogP contribution in [0.15, 0.2) is 42.6 Å². The molecule has 17 heavy (non-hydrogen) atoms. The summed E-state index contributed by atoms with van der Waals surface area (Å²) in [6, 6.07) is 11.4. The van der Waals surface area contributed by atoms with E-state index >= 15 is 0 Å². The topological polar surface area (TPSA) is 42.4 Å². The molecule has 0 aliphatic carbocycles. The lowest BCUT2D eigenvalue weighted by atomic mass is 10.00. The Balaban J connectivity index is 2.34. The Hall–Kier alpha value is -1.87. The second kappa shape index (κ2) is 4.97. The number of aliphatic hydroxyl groups excluding tert-OH is 1. The first-order valence-electron chi connectivity index (χ1n) is 5.46. The molecular weight excluding hydrogens is 214 g/mol. The number of methoxy groups -OCH3 is 1. The third-order valence-electron chi connectivity index (χ3n) is 2.75. The van der Waals surface area contributed by atoms with Crippen LogP contribution in [0.2, 0.25) is 0 Å². The van der Waals surface area contributed by atoms with E-state index in [0.29, 0.717) is 5.88 Å². The summed E-state index contributed by atoms with van der Waals surface area (Å²) in [4.78, 5) is 4.12. The van der Waals surface area contributed by atoms with Gasteiger partial charge in [0, 0.05) is 17.8 Å². The Kier molecular flexibility index (Phi) is 3.40. The van der Waals surface area contributed by atoms with Crippen molar-refractivity contribution in [2.45, 2.75) is 13.0 Å². The molecule has 1 unspecified atom stereocenters. The van der Waals surface area contributed by atoms with Crippen LogP contribution in [-0.4, -0.2) is 17.2 Å². The summed E-state index contributed by atoms with van der Waals surface area (Å²) >= 11 is 0. The highest BCUT2D eigenvalue weighted by Gasteiger charge is 2.13. The minimum atomic E-state index is -0.644. The number of aliphatic hydroxyl groups is 1. The highest BCUT2D eigenvalue weighted by molar-refractivity contribution is 5.35. The van der Waals surface area contributed by atoms with Crippen molar-refractivity contribution in [2.75, 3.05) is 7.11 Å². The molecule has 1 aromatic carbocycles. The van der Waals surface area contributed by atoms with E-state index in [2.05, 4.69) is 4.98 Å². The average Bonchev–Trinajstić information content (AvgIpc) is 2.39. The number of pyridine rings is 1. The molecule has 0 saturated heterocycles. The first-order chi connectivity index (χ1) is 8.22. The van der Waals surface area contributed by atoms with Gasteiger partial charge in [0.15, 0.2) is 0 Å². The van der Waals surface area contributed by atoms with E-state index in [4.69, 9.17) is 4.74 Å². The Morgan fingerprint density at radius 3 is 2.53 bits per heavy atom. The zero-order valence-electron chi connectivity index (χ0n) is 9.92. The molecule has 0 spiro atoms. The van der Waals surface area contributed by atoms with Crippen LogP contribution >= 0.6 is 0 Å². The number of hydrogen-bond donors (Lipinski definition) is 1. The van der Waals surface area contributed by atoms with Crippen molar-refractivity contribution in [1.29, 1.82) is 0 Å². The molecule has 2 aromatic rings. The molecule has 0 aliphatic rings. The average molecular weight is 229 g/mol. The summed E-state index contributed by atoms with van der Waals surface area (Å²) in [5, 5.41) is 10.3. The third kappa shape index (κ3) is 2.45. The van der Waals surface area contributed by atoms with Gasteiger partial charge in [0.2, 0.25) is 5.88 Å². The fraction of sp³-hybridized carbons (Fsp3) is 0.214. The summed E-state index contributed by atoms with van der Waals surface area (Å²) in [6.07, 6.45) is 1.01. The van der Waals surface area contributed by atoms with Crippen molar-refractivity contribution in [1.82, 2.24) is 4.98 Å². The second-order valence-corrected chi connectivity index (χ2v) is 3.90. The molecular formula is C14H15NO2. The number of nitrogens with zero attached hydrogens (tertiary/aromatic N) is 1. The maximum Gasteiger partial charge on any atom is 0.213 e. The van der Waals surface area contributed by atoms with Gasteiger partial charge >= 0.3 is 0 Å². The van der Waals surface area contributed by atoms with Crippen molar-refractivity contribution < 1.29 is 9.84 Å². The van der Waals surface area contributed by atoms with Crippen LogP contribution in [0.4, 0.5) is 0 Å². The molecule has 0 radical (unpaired) electrons. The Bertz CT molecular complexity index is 497. The van der Waals surface area contributed by atoms with E-state index in [-0.39, 0.29) is 0 Å². The minimum absolute atomic E-state index is 0.562. The minimum Gasteiger partial charge on any atom is -0.481 e. The summed E-state index contributed by atoms with van der Waals surface area (Å²) in [6.45, 7) is 1.94. The SMILES string of the molecule is COc1cc(C)c(C(O)c2ccccc2)cn1. The predicted octanol–water partition coefficient (Wildman–Crippen LogP) is 2.48. The predicted molar refractivity (Wildman–Crippen MR) is 66.0 cm³/mol. The van der Waals surface area contributed by atoms with E-state index < -0.39 is 6.10 Å². The number of aryl methyl sites for hydroxylation is 1. The standard InChI is InChI=1S/C14H15NO2/c1-10-8-13(17-2)15-9-12(10)14(16)11-6-4-3-5-7-11/h3-9,14,16H,1-2H3. The van der Waals surface area contributed by atoms with Crippen molar-refractivity contribution in [3.8, 4) is 5.88 Å². The Morgan fingerprint density at radius 2 is 1.94 bits per heavy atom. The molecule has 0 bridgehead atoms. The van der Waals surface area contributed by atoms with Gasteiger partial charge in [0.25, 0.3) is 0 Å². The molecule has 0 saturated carbocycles. The summed E-state index contributed by atoms with van der Waals surface area (Å²) in [5.74, 6) is 0.562. The molecule has 1 atom stereocenters. The number of benzene rings is 1. The highest BCUT2D eigenvalue weighted by atomic mass is 16.5. The van der Waals surface area contributed by atoms with Crippen LogP contribution in [0.3, 0.4) is 0 Å². The van der Waals surface area contributed by atoms with Gasteiger partial charge < -0.3 is 9.84 Å². The number of aromatic nitrogens is 1. The van der Waals surface area contributed by atoms with Crippen molar-refractivity contribution in [3.05, 3.63) is 59.3 Å². The van der Waals surface area contributed by atoms with E-state index in [1.54, 1.807) is 13.3 Å². The molecule has 0 amide bonds. The van der Waals surface area contributed by atoms with Crippen molar-refractivity contribution in [3.63, 3.8) is 0 Å². The van der Waals surface area contributed by atoms with E-state index in [1.165, 1.54) is 0 Å². The molecule has 1 aromatic heterocycles. The number of hydrogen-bond acceptors (Lipinski definition) is 3. The lowest BCUT2D eigenvalue weighted by Gasteiger charge is -2.14. The molecule has 3 nitrogen and oxygen atoms in total. The highest BCUT2D eigenvalue weighted by Crippen LogP contribution is 2.25. The zero-order valence-corrected chi connectivity index (χ0v) is 9.92. The maximum absolute atomic E-state index is 10.3. The lowest BCUT2D eigenvalue weighted by Crippen LogP contribution is -2.03. The first kappa shape index (κ1) is 11.6. The summed E-state index contributed by atoms with van der Waals surface area (Å²) in [5.41, 5.74) is 2.63. The Labute approximate surface area is 101 Å². The van der Waals surface area contributed by atoms with Crippen LogP contribution in [-0.2, 0) is 0 Å². The van der Waals surface area contributed by atoms with E-state index in [9.17, 15) is 5.11 Å². The molecule has 0 aliphatic heterocycles. The molecule has 1 N–H and O–H groups in total. The smallest absolute Gasteiger partial charge is 0.213 e. The molecule has 1 heterocycles. The van der Waals surface area contributed by atoms with Gasteiger partial charge in [-0.15, -0.1) is 0 Å². The second-order valence-electron chi connectivity index (χ2n) is 3.90. The van der Waals surface area contributed by atoms with Crippen molar-refractivity contribution in [2.24, 2.45) is 0 Å². The van der Waals surface area contributed by atoms with Crippen LogP contribution < -0.4 is 4.74 Å². The quantitative estimate of drug-likeness (QED) is 0.879. The van der Waals surface area contributed by atoms with Crippen LogP contribution in [0, 0.1) is 6.92 Å². The molecule has 88 valence electrons. The van der Waals surface area contributed by atoms with Crippen LogP contribution in [0.5, 0.6) is 5.88 Å². The van der Waals surface area contributed by atoms with Gasteiger partial charge in [0.1, 0.15) is 6.10 Å². The van der Waals surface area contributed by atoms with Gasteiger partial charge in [-0.1, -0.05) is 30.3 Å². The number of rotatable bonds is 3.